The molecule has 7 heteroatoms. The van der Waals surface area contributed by atoms with Gasteiger partial charge in [-0.15, -0.1) is 36.2 Å². The highest BCUT2D eigenvalue weighted by molar-refractivity contribution is 7.16. The molecule has 2 rings (SSSR count). The van der Waals surface area contributed by atoms with Gasteiger partial charge in [-0.2, -0.15) is 0 Å². The third-order valence-electron chi connectivity index (χ3n) is 3.58. The van der Waals surface area contributed by atoms with Gasteiger partial charge in [0.15, 0.2) is 0 Å². The first-order valence-corrected chi connectivity index (χ1v) is 7.71. The average molecular weight is 364 g/mol. The highest BCUT2D eigenvalue weighted by Crippen LogP contribution is 2.20. The number of halogens is 2. The largest absolute Gasteiger partial charge is 0.342 e. The van der Waals surface area contributed by atoms with Crippen LogP contribution in [-0.4, -0.2) is 35.4 Å². The second kappa shape index (κ2) is 9.30. The minimum atomic E-state index is 0. The lowest BCUT2D eigenvalue weighted by molar-refractivity contribution is 0.0789. The molecule has 1 amide bonds. The van der Waals surface area contributed by atoms with Gasteiger partial charge in [0.05, 0.1) is 15.7 Å². The average Bonchev–Trinajstić information content (AvgIpc) is 2.90. The maximum absolute atomic E-state index is 12.4. The summed E-state index contributed by atoms with van der Waals surface area (Å²) in [5.41, 5.74) is 9.47. The summed E-state index contributed by atoms with van der Waals surface area (Å²) in [5, 5.41) is 0. The molecule has 1 aromatic heterocycles. The summed E-state index contributed by atoms with van der Waals surface area (Å²) < 4.78 is 1.04. The second-order valence-electron chi connectivity index (χ2n) is 5.46. The first-order valence-electron chi connectivity index (χ1n) is 6.83. The van der Waals surface area contributed by atoms with Crippen molar-refractivity contribution >= 4 is 52.3 Å². The molecule has 0 radical (unpaired) electrons. The molecule has 2 N–H and O–H groups in total. The van der Waals surface area contributed by atoms with Crippen molar-refractivity contribution in [1.29, 1.82) is 0 Å². The number of thiazole rings is 1. The molecule has 0 aliphatic heterocycles. The standard InChI is InChI=1S/C15H21N3OS.2ClH/c1-10(2)12(16)6-7-18(3)15(19)11-4-5-13-14(8-11)20-9-17-13;;/h4-5,8-10,12H,6-7,16H2,1-3H3;2*1H. The van der Waals surface area contributed by atoms with Crippen LogP contribution >= 0.6 is 36.2 Å². The molecule has 0 saturated carbocycles. The number of carbonyl (C=O) groups excluding carboxylic acids is 1. The molecule has 1 unspecified atom stereocenters. The van der Waals surface area contributed by atoms with Crippen LogP contribution in [0.2, 0.25) is 0 Å². The van der Waals surface area contributed by atoms with E-state index < -0.39 is 0 Å². The van der Waals surface area contributed by atoms with Gasteiger partial charge in [-0.3, -0.25) is 4.79 Å². The van der Waals surface area contributed by atoms with E-state index in [0.717, 1.165) is 16.6 Å². The fourth-order valence-corrected chi connectivity index (χ4v) is 2.70. The minimum absolute atomic E-state index is 0. The van der Waals surface area contributed by atoms with Crippen molar-refractivity contribution in [2.45, 2.75) is 26.3 Å². The number of hydrogen-bond acceptors (Lipinski definition) is 4. The van der Waals surface area contributed by atoms with Crippen molar-refractivity contribution < 1.29 is 4.79 Å². The normalized spacial score (nSPS) is 11.7. The van der Waals surface area contributed by atoms with Gasteiger partial charge >= 0.3 is 0 Å². The Balaban J connectivity index is 0.00000220. The molecule has 0 aliphatic rings. The summed E-state index contributed by atoms with van der Waals surface area (Å²) in [4.78, 5) is 18.3. The lowest BCUT2D eigenvalue weighted by atomic mass is 10.0. The Morgan fingerprint density at radius 1 is 1.36 bits per heavy atom. The van der Waals surface area contributed by atoms with Crippen molar-refractivity contribution in [3.63, 3.8) is 0 Å². The lowest BCUT2D eigenvalue weighted by Gasteiger charge is -2.21. The Morgan fingerprint density at radius 2 is 2.05 bits per heavy atom. The zero-order chi connectivity index (χ0) is 14.7. The van der Waals surface area contributed by atoms with Gasteiger partial charge in [0, 0.05) is 25.2 Å². The summed E-state index contributed by atoms with van der Waals surface area (Å²) in [6.45, 7) is 4.88. The number of nitrogens with zero attached hydrogens (tertiary/aromatic N) is 2. The summed E-state index contributed by atoms with van der Waals surface area (Å²) in [6, 6.07) is 5.78. The molecule has 0 aliphatic carbocycles. The van der Waals surface area contributed by atoms with Crippen LogP contribution in [0.25, 0.3) is 10.2 Å². The van der Waals surface area contributed by atoms with E-state index >= 15 is 0 Å². The van der Waals surface area contributed by atoms with Gasteiger partial charge in [-0.1, -0.05) is 13.8 Å². The number of hydrogen-bond donors (Lipinski definition) is 1. The molecule has 1 heterocycles. The molecule has 22 heavy (non-hydrogen) atoms. The molecule has 0 fully saturated rings. The van der Waals surface area contributed by atoms with Gasteiger partial charge in [-0.25, -0.2) is 4.98 Å². The van der Waals surface area contributed by atoms with E-state index in [1.165, 1.54) is 0 Å². The highest BCUT2D eigenvalue weighted by atomic mass is 35.5. The van der Waals surface area contributed by atoms with E-state index in [0.29, 0.717) is 18.0 Å². The van der Waals surface area contributed by atoms with Crippen LogP contribution in [0.1, 0.15) is 30.6 Å². The Morgan fingerprint density at radius 3 is 2.68 bits per heavy atom. The van der Waals surface area contributed by atoms with E-state index in [4.69, 9.17) is 5.73 Å². The number of amides is 1. The first-order chi connectivity index (χ1) is 9.49. The molecular weight excluding hydrogens is 341 g/mol. The molecule has 0 saturated heterocycles. The number of benzene rings is 1. The van der Waals surface area contributed by atoms with Crippen molar-refractivity contribution in [1.82, 2.24) is 9.88 Å². The number of rotatable bonds is 5. The molecular formula is C15H23Cl2N3OS. The number of nitrogens with two attached hydrogens (primary N) is 1. The van der Waals surface area contributed by atoms with Gasteiger partial charge in [0.1, 0.15) is 0 Å². The molecule has 2 aromatic rings. The minimum Gasteiger partial charge on any atom is -0.342 e. The van der Waals surface area contributed by atoms with E-state index in [-0.39, 0.29) is 36.8 Å². The van der Waals surface area contributed by atoms with E-state index in [1.54, 1.807) is 21.7 Å². The topological polar surface area (TPSA) is 59.2 Å². The molecule has 0 spiro atoms. The van der Waals surface area contributed by atoms with Gasteiger partial charge in [0.2, 0.25) is 0 Å². The molecule has 4 nitrogen and oxygen atoms in total. The number of fused-ring (bicyclic) bond motifs is 1. The first kappa shape index (κ1) is 21.1. The van der Waals surface area contributed by atoms with E-state index in [9.17, 15) is 4.79 Å². The summed E-state index contributed by atoms with van der Waals surface area (Å²) in [5.74, 6) is 0.475. The maximum atomic E-state index is 12.4. The zero-order valence-corrected chi connectivity index (χ0v) is 15.4. The van der Waals surface area contributed by atoms with E-state index in [2.05, 4.69) is 18.8 Å². The predicted octanol–water partition coefficient (Wildman–Crippen LogP) is 3.59. The van der Waals surface area contributed by atoms with Crippen molar-refractivity contribution in [2.24, 2.45) is 11.7 Å². The number of aromatic nitrogens is 1. The van der Waals surface area contributed by atoms with Crippen molar-refractivity contribution in [2.75, 3.05) is 13.6 Å². The second-order valence-corrected chi connectivity index (χ2v) is 6.34. The summed E-state index contributed by atoms with van der Waals surface area (Å²) >= 11 is 1.55. The van der Waals surface area contributed by atoms with Crippen LogP contribution in [0.3, 0.4) is 0 Å². The highest BCUT2D eigenvalue weighted by Gasteiger charge is 2.15. The van der Waals surface area contributed by atoms with Gasteiger partial charge in [-0.05, 0) is 30.5 Å². The molecule has 0 bridgehead atoms. The molecule has 124 valence electrons. The van der Waals surface area contributed by atoms with E-state index in [1.807, 2.05) is 25.2 Å². The SMILES string of the molecule is CC(C)C(N)CCN(C)C(=O)c1ccc2ncsc2c1.Cl.Cl. The maximum Gasteiger partial charge on any atom is 0.253 e. The van der Waals surface area contributed by atoms with Crippen LogP contribution in [-0.2, 0) is 0 Å². The Kier molecular flexibility index (Phi) is 8.93. The van der Waals surface area contributed by atoms with Crippen LogP contribution in [0, 0.1) is 5.92 Å². The van der Waals surface area contributed by atoms with Gasteiger partial charge < -0.3 is 10.6 Å². The lowest BCUT2D eigenvalue weighted by Crippen LogP contribution is -2.34. The Labute approximate surface area is 147 Å². The quantitative estimate of drug-likeness (QED) is 0.882. The van der Waals surface area contributed by atoms with Crippen LogP contribution in [0.15, 0.2) is 23.7 Å². The van der Waals surface area contributed by atoms with Crippen LogP contribution in [0.4, 0.5) is 0 Å². The summed E-state index contributed by atoms with van der Waals surface area (Å²) in [6.07, 6.45) is 0.822. The van der Waals surface area contributed by atoms with Crippen LogP contribution in [0.5, 0.6) is 0 Å². The predicted molar refractivity (Wildman–Crippen MR) is 98.5 cm³/mol. The molecule has 1 atom stereocenters. The monoisotopic (exact) mass is 363 g/mol. The summed E-state index contributed by atoms with van der Waals surface area (Å²) in [7, 11) is 1.83. The van der Waals surface area contributed by atoms with Crippen LogP contribution < -0.4 is 5.73 Å². The Hall–Kier alpha value is -0.880. The van der Waals surface area contributed by atoms with Crippen molar-refractivity contribution in [3.05, 3.63) is 29.3 Å². The molecule has 1 aromatic carbocycles. The van der Waals surface area contributed by atoms with Gasteiger partial charge in [0.25, 0.3) is 5.91 Å². The number of carbonyl (C=O) groups is 1. The van der Waals surface area contributed by atoms with Crippen molar-refractivity contribution in [3.8, 4) is 0 Å². The zero-order valence-electron chi connectivity index (χ0n) is 13.0. The third kappa shape index (κ3) is 5.09. The smallest absolute Gasteiger partial charge is 0.253 e. The third-order valence-corrected chi connectivity index (χ3v) is 4.37. The Bertz CT molecular complexity index is 603. The fourth-order valence-electron chi connectivity index (χ4n) is 1.99. The fraction of sp³-hybridized carbons (Fsp3) is 0.467.